The van der Waals surface area contributed by atoms with Gasteiger partial charge in [0.1, 0.15) is 42.6 Å². The van der Waals surface area contributed by atoms with Gasteiger partial charge < -0.3 is 36.3 Å². The number of ether oxygens (including phenoxy) is 2. The topological polar surface area (TPSA) is 286 Å². The number of Topliss-reactive ketones (excluding diaryl/α,β-unsaturated/α-hetero) is 1. The number of nitrogen functional groups attached to an aromatic ring is 1. The van der Waals surface area contributed by atoms with Crippen molar-refractivity contribution in [3.8, 4) is 28.7 Å². The highest BCUT2D eigenvalue weighted by atomic mass is 79.9. The highest BCUT2D eigenvalue weighted by Gasteiger charge is 2.27. The Bertz CT molecular complexity index is 3100. The van der Waals surface area contributed by atoms with Crippen molar-refractivity contribution in [2.24, 2.45) is 4.99 Å². The number of carboxylic acids is 1. The maximum Gasteiger partial charge on any atom is 0.321 e. The molecule has 0 aliphatic carbocycles. The minimum absolute atomic E-state index is 0.0256. The number of benzene rings is 4. The lowest BCUT2D eigenvalue weighted by molar-refractivity contribution is -0.143. The first kappa shape index (κ1) is 56.2. The molecule has 4 aromatic carbocycles. The van der Waals surface area contributed by atoms with Gasteiger partial charge in [0, 0.05) is 77.3 Å². The summed E-state index contributed by atoms with van der Waals surface area (Å²) in [4.78, 5) is 72.1. The van der Waals surface area contributed by atoms with Gasteiger partial charge in [0.05, 0.1) is 25.8 Å². The van der Waals surface area contributed by atoms with Crippen molar-refractivity contribution in [2.45, 2.75) is 55.6 Å². The number of carbonyl (C=O) groups excluding carboxylic acids is 4. The van der Waals surface area contributed by atoms with Crippen LogP contribution in [0.2, 0.25) is 10.0 Å². The number of thiol groups is 2. The molecule has 0 spiro atoms. The van der Waals surface area contributed by atoms with Crippen LogP contribution in [0.3, 0.4) is 0 Å². The van der Waals surface area contributed by atoms with Gasteiger partial charge in [-0.1, -0.05) is 71.7 Å². The molecule has 19 nitrogen and oxygen atoms in total. The summed E-state index contributed by atoms with van der Waals surface area (Å²) in [6.07, 6.45) is 2.65. The number of aliphatic carboxylic acids is 1. The zero-order chi connectivity index (χ0) is 53.3. The van der Waals surface area contributed by atoms with Crippen LogP contribution in [0.1, 0.15) is 47.2 Å². The molecule has 2 heterocycles. The number of nitriles is 1. The Morgan fingerprint density at radius 2 is 1.58 bits per heavy atom. The molecule has 3 atom stereocenters. The maximum absolute atomic E-state index is 13.8. The Morgan fingerprint density at radius 1 is 0.865 bits per heavy atom. The van der Waals surface area contributed by atoms with Crippen molar-refractivity contribution in [2.75, 3.05) is 18.8 Å². The van der Waals surface area contributed by atoms with Crippen LogP contribution >= 0.6 is 64.4 Å². The van der Waals surface area contributed by atoms with E-state index in [2.05, 4.69) is 87.4 Å². The van der Waals surface area contributed by atoms with E-state index < -0.39 is 58.3 Å². The number of pyridine rings is 1. The number of halogens is 4. The van der Waals surface area contributed by atoms with E-state index in [1.54, 1.807) is 6.07 Å². The number of carboxylic acid groups (broad SMARTS) is 1. The van der Waals surface area contributed by atoms with Crippen molar-refractivity contribution in [3.63, 3.8) is 0 Å². The Hall–Kier alpha value is -7.07. The van der Waals surface area contributed by atoms with E-state index in [1.165, 1.54) is 36.7 Å². The molecule has 0 fully saturated rings. The number of nitrogens with one attached hydrogen (secondary N) is 4. The lowest BCUT2D eigenvalue weighted by atomic mass is 10.0. The van der Waals surface area contributed by atoms with Gasteiger partial charge >= 0.3 is 17.8 Å². The molecule has 0 aliphatic rings. The second kappa shape index (κ2) is 27.3. The first-order valence-electron chi connectivity index (χ1n) is 22.1. The predicted octanol–water partition coefficient (Wildman–Crippen LogP) is 6.96. The lowest BCUT2D eigenvalue weighted by Crippen LogP contribution is -2.44. The quantitative estimate of drug-likeness (QED) is 0.0139. The summed E-state index contributed by atoms with van der Waals surface area (Å²) in [5, 5.41) is 36.3. The molecule has 0 bridgehead atoms. The average Bonchev–Trinajstić information content (AvgIpc) is 3.83. The first-order valence-corrected chi connectivity index (χ1v) is 24.7. The van der Waals surface area contributed by atoms with Gasteiger partial charge in [0.25, 0.3) is 5.91 Å². The van der Waals surface area contributed by atoms with Crippen LogP contribution in [0.25, 0.3) is 11.1 Å². The molecule has 25 heteroatoms. The van der Waals surface area contributed by atoms with Gasteiger partial charge in [-0.2, -0.15) is 30.5 Å². The summed E-state index contributed by atoms with van der Waals surface area (Å²) in [5.41, 5.74) is 9.44. The van der Waals surface area contributed by atoms with Crippen molar-refractivity contribution in [1.82, 2.24) is 36.6 Å². The minimum Gasteiger partial charge on any atom is -0.488 e. The van der Waals surface area contributed by atoms with Gasteiger partial charge in [-0.05, 0) is 75.0 Å². The Morgan fingerprint density at radius 3 is 2.26 bits per heavy atom. The molecule has 0 saturated carbocycles. The molecule has 7 N–H and O–H groups in total. The van der Waals surface area contributed by atoms with Crippen molar-refractivity contribution < 1.29 is 47.6 Å². The molecule has 6 aromatic rings. The summed E-state index contributed by atoms with van der Waals surface area (Å²) < 4.78 is 30.7. The van der Waals surface area contributed by atoms with E-state index in [-0.39, 0.29) is 89.7 Å². The number of carbonyl (C=O) groups is 5. The van der Waals surface area contributed by atoms with Crippen LogP contribution in [0, 0.1) is 17.1 Å². The summed E-state index contributed by atoms with van der Waals surface area (Å²) in [5.74, 6) is -6.27. The standard InChI is InChI=1S/C49H44BrCl2FN10O9S2/c50-33-17-31(9-10-35(33)53)60-45(43-44(55)63-72-62-43)61-48(67)47(66)58-14-12-41(74)40(73)11-13-57-46(65)37(64)18-36(49(68)69)59-23-30-16-34(51)39(19-38(30)70-24-27-15-26(20-54)21-56-22-27)71-25-29-7-4-8-32(42(29)52)28-5-2-1-3-6-28/h1-10,15-17,19,21-22,36,40-41,59,73-74H,11-14,18,23-25H2,(H2,55,63)(H,57,65)(H,58,66)(H,68,69)(H,60,61,67). The summed E-state index contributed by atoms with van der Waals surface area (Å²) in [6, 6.07) is 24.1. The van der Waals surface area contributed by atoms with E-state index in [9.17, 15) is 38.7 Å². The van der Waals surface area contributed by atoms with E-state index in [0.29, 0.717) is 27.3 Å². The molecular formula is C49H44BrCl2FN10O9S2. The lowest BCUT2D eigenvalue weighted by Gasteiger charge is -2.19. The predicted molar refractivity (Wildman–Crippen MR) is 282 cm³/mol. The smallest absolute Gasteiger partial charge is 0.321 e. The van der Waals surface area contributed by atoms with Crippen LogP contribution in [0.15, 0.2) is 111 Å². The molecule has 3 amide bonds. The highest BCUT2D eigenvalue weighted by molar-refractivity contribution is 9.10. The van der Waals surface area contributed by atoms with Crippen LogP contribution < -0.4 is 36.5 Å². The number of amidine groups is 1. The highest BCUT2D eigenvalue weighted by Crippen LogP contribution is 2.36. The van der Waals surface area contributed by atoms with Gasteiger partial charge in [-0.15, -0.1) is 0 Å². The van der Waals surface area contributed by atoms with Crippen molar-refractivity contribution in [3.05, 3.63) is 146 Å². The molecule has 3 unspecified atom stereocenters. The Labute approximate surface area is 451 Å². The van der Waals surface area contributed by atoms with Crippen LogP contribution in [-0.4, -0.2) is 85.3 Å². The third kappa shape index (κ3) is 16.0. The number of amides is 3. The fraction of sp³-hybridized carbons (Fsp3) is 0.224. The Balaban J connectivity index is 0.996. The fourth-order valence-electron chi connectivity index (χ4n) is 6.77. The average molecular weight is 1150 g/mol. The molecule has 74 heavy (non-hydrogen) atoms. The number of ketones is 1. The number of aromatic nitrogens is 3. The number of hydrogen-bond acceptors (Lipinski definition) is 17. The van der Waals surface area contributed by atoms with E-state index >= 15 is 0 Å². The minimum atomic E-state index is -1.52. The van der Waals surface area contributed by atoms with Gasteiger partial charge in [0.15, 0.2) is 17.3 Å². The van der Waals surface area contributed by atoms with Crippen molar-refractivity contribution >= 4 is 111 Å². The molecule has 384 valence electrons. The van der Waals surface area contributed by atoms with E-state index in [4.69, 9.17) is 38.4 Å². The SMILES string of the molecule is N#Cc1cncc(COc2cc(OCc3cccc(-c4ccccc4)c3Cl)c(Cl)cc2CNC(CC(=O)C(=O)NCCC(S)C(S)CCNC(=O)C(=O)NC(=Nc2ccc(F)c(Br)c2)c2nonc2N)C(=O)O)c1. The zero-order valence-corrected chi connectivity index (χ0v) is 43.4. The summed E-state index contributed by atoms with van der Waals surface area (Å²) in [7, 11) is 0. The van der Waals surface area contributed by atoms with Gasteiger partial charge in [-0.25, -0.2) is 14.0 Å². The summed E-state index contributed by atoms with van der Waals surface area (Å²) in [6.45, 7) is -0.254. The van der Waals surface area contributed by atoms with Crippen LogP contribution in [0.5, 0.6) is 11.5 Å². The number of anilines is 1. The van der Waals surface area contributed by atoms with Crippen molar-refractivity contribution in [1.29, 1.82) is 5.26 Å². The van der Waals surface area contributed by atoms with Crippen LogP contribution in [0.4, 0.5) is 15.9 Å². The summed E-state index contributed by atoms with van der Waals surface area (Å²) >= 11 is 25.7. The van der Waals surface area contributed by atoms with Crippen LogP contribution in [-0.2, 0) is 43.7 Å². The second-order valence-corrected chi connectivity index (χ2v) is 18.9. The molecule has 2 aromatic heterocycles. The van der Waals surface area contributed by atoms with Gasteiger partial charge in [0.2, 0.25) is 5.78 Å². The maximum atomic E-state index is 13.8. The molecule has 0 aliphatic heterocycles. The molecule has 6 rings (SSSR count). The normalized spacial score (nSPS) is 12.4. The molecule has 0 radical (unpaired) electrons. The zero-order valence-electron chi connectivity index (χ0n) is 38.6. The largest absolute Gasteiger partial charge is 0.488 e. The number of aliphatic imine (C=N–C) groups is 1. The third-order valence-corrected chi connectivity index (χ3v) is 13.5. The number of hydrogen-bond donors (Lipinski definition) is 8. The third-order valence-electron chi connectivity index (χ3n) is 10.7. The molecule has 0 saturated heterocycles. The Kier molecular flexibility index (Phi) is 20.7. The number of nitrogens with two attached hydrogens (primary N) is 1. The fourth-order valence-corrected chi connectivity index (χ4v) is 8.23. The number of nitrogens with zero attached hydrogens (tertiary/aromatic N) is 5. The molecular weight excluding hydrogens is 1110 g/mol. The second-order valence-electron chi connectivity index (χ2n) is 15.9. The number of rotatable bonds is 23. The van der Waals surface area contributed by atoms with E-state index in [0.717, 1.165) is 17.2 Å². The van der Waals surface area contributed by atoms with E-state index in [1.807, 2.05) is 54.6 Å². The van der Waals surface area contributed by atoms with Gasteiger partial charge in [-0.3, -0.25) is 34.3 Å². The monoisotopic (exact) mass is 1150 g/mol. The first-order chi connectivity index (χ1) is 35.5.